The van der Waals surface area contributed by atoms with E-state index in [2.05, 4.69) is 38.3 Å². The number of rotatable bonds is 3. The van der Waals surface area contributed by atoms with Crippen LogP contribution in [0.4, 0.5) is 5.69 Å². The van der Waals surface area contributed by atoms with E-state index in [1.165, 1.54) is 4.31 Å². The normalized spacial score (nSPS) is 24.4. The van der Waals surface area contributed by atoms with E-state index in [1.54, 1.807) is 24.3 Å². The fraction of sp³-hybridized carbons (Fsp3) is 0.632. The molecule has 6 nitrogen and oxygen atoms in total. The van der Waals surface area contributed by atoms with Crippen LogP contribution in [-0.4, -0.2) is 43.7 Å². The summed E-state index contributed by atoms with van der Waals surface area (Å²) in [5.41, 5.74) is 1.11. The molecule has 26 heavy (non-hydrogen) atoms. The molecule has 0 spiro atoms. The molecular formula is C19H29N3O3S. The van der Waals surface area contributed by atoms with Gasteiger partial charge in [-0.2, -0.15) is 0 Å². The highest BCUT2D eigenvalue weighted by Crippen LogP contribution is 2.29. The van der Waals surface area contributed by atoms with Gasteiger partial charge in [0.25, 0.3) is 5.91 Å². The first kappa shape index (κ1) is 19.2. The largest absolute Gasteiger partial charge is 0.349 e. The fourth-order valence-corrected chi connectivity index (χ4v) is 5.97. The van der Waals surface area contributed by atoms with Crippen molar-refractivity contribution in [3.8, 4) is 0 Å². The van der Waals surface area contributed by atoms with Gasteiger partial charge in [-0.05, 0) is 71.2 Å². The Morgan fingerprint density at radius 1 is 1.12 bits per heavy atom. The number of benzene rings is 1. The third-order valence-electron chi connectivity index (χ3n) is 5.04. The smallest absolute Gasteiger partial charge is 0.251 e. The number of nitrogens with one attached hydrogen (secondary N) is 2. The maximum absolute atomic E-state index is 12.6. The van der Waals surface area contributed by atoms with Gasteiger partial charge in [-0.1, -0.05) is 0 Å². The van der Waals surface area contributed by atoms with E-state index in [4.69, 9.17) is 0 Å². The number of sulfonamides is 1. The summed E-state index contributed by atoms with van der Waals surface area (Å²) in [5.74, 6) is 0.0793. The number of carbonyl (C=O) groups excluding carboxylic acids is 1. The van der Waals surface area contributed by atoms with Crippen LogP contribution in [-0.2, 0) is 10.0 Å². The van der Waals surface area contributed by atoms with Crippen molar-refractivity contribution < 1.29 is 13.2 Å². The summed E-state index contributed by atoms with van der Waals surface area (Å²) in [6, 6.07) is 6.95. The minimum Gasteiger partial charge on any atom is -0.349 e. The van der Waals surface area contributed by atoms with Gasteiger partial charge in [-0.25, -0.2) is 8.42 Å². The maximum atomic E-state index is 12.6. The number of amides is 1. The van der Waals surface area contributed by atoms with Gasteiger partial charge >= 0.3 is 0 Å². The molecule has 0 bridgehead atoms. The molecular weight excluding hydrogens is 350 g/mol. The highest BCUT2D eigenvalue weighted by molar-refractivity contribution is 7.93. The molecule has 1 amide bonds. The van der Waals surface area contributed by atoms with Gasteiger partial charge in [0, 0.05) is 29.2 Å². The number of anilines is 1. The summed E-state index contributed by atoms with van der Waals surface area (Å²) in [6.45, 7) is 9.11. The van der Waals surface area contributed by atoms with Crippen molar-refractivity contribution >= 4 is 21.6 Å². The highest BCUT2D eigenvalue weighted by atomic mass is 32.2. The van der Waals surface area contributed by atoms with Crippen molar-refractivity contribution in [3.63, 3.8) is 0 Å². The lowest BCUT2D eigenvalue weighted by Gasteiger charge is -2.46. The molecule has 0 atom stereocenters. The topological polar surface area (TPSA) is 78.5 Å². The minimum atomic E-state index is -3.20. The van der Waals surface area contributed by atoms with Crippen molar-refractivity contribution in [2.75, 3.05) is 16.6 Å². The second-order valence-electron chi connectivity index (χ2n) is 8.76. The van der Waals surface area contributed by atoms with E-state index in [0.717, 1.165) is 12.8 Å². The molecule has 2 aliphatic rings. The summed E-state index contributed by atoms with van der Waals surface area (Å²) in [4.78, 5) is 12.6. The Kier molecular flexibility index (Phi) is 4.82. The second kappa shape index (κ2) is 6.53. The Labute approximate surface area is 156 Å². The number of nitrogens with zero attached hydrogens (tertiary/aromatic N) is 1. The van der Waals surface area contributed by atoms with Crippen LogP contribution < -0.4 is 14.9 Å². The molecule has 2 N–H and O–H groups in total. The summed E-state index contributed by atoms with van der Waals surface area (Å²) in [6.07, 6.45) is 2.38. The van der Waals surface area contributed by atoms with Crippen LogP contribution in [0.3, 0.4) is 0 Å². The first-order chi connectivity index (χ1) is 12.0. The van der Waals surface area contributed by atoms with Gasteiger partial charge in [-0.15, -0.1) is 0 Å². The first-order valence-corrected chi connectivity index (χ1v) is 10.8. The van der Waals surface area contributed by atoms with E-state index in [9.17, 15) is 13.2 Å². The summed E-state index contributed by atoms with van der Waals surface area (Å²) < 4.78 is 25.4. The van der Waals surface area contributed by atoms with Gasteiger partial charge in [0.05, 0.1) is 11.4 Å². The summed E-state index contributed by atoms with van der Waals surface area (Å²) in [7, 11) is -3.20. The first-order valence-electron chi connectivity index (χ1n) is 9.18. The average molecular weight is 380 g/mol. The molecule has 1 aromatic rings. The Hall–Kier alpha value is -1.60. The van der Waals surface area contributed by atoms with Gasteiger partial charge in [-0.3, -0.25) is 9.10 Å². The van der Waals surface area contributed by atoms with Crippen LogP contribution in [0.15, 0.2) is 24.3 Å². The van der Waals surface area contributed by atoms with E-state index in [1.807, 2.05) is 0 Å². The molecule has 2 fully saturated rings. The van der Waals surface area contributed by atoms with Crippen molar-refractivity contribution in [1.82, 2.24) is 10.6 Å². The molecule has 3 rings (SSSR count). The van der Waals surface area contributed by atoms with Crippen LogP contribution in [0.1, 0.15) is 57.3 Å². The third kappa shape index (κ3) is 4.20. The summed E-state index contributed by atoms with van der Waals surface area (Å²) in [5, 5.41) is 6.75. The van der Waals surface area contributed by atoms with Crippen LogP contribution in [0.2, 0.25) is 0 Å². The molecule has 2 heterocycles. The zero-order valence-corrected chi connectivity index (χ0v) is 16.8. The predicted octanol–water partition coefficient (Wildman–Crippen LogP) is 2.27. The summed E-state index contributed by atoms with van der Waals surface area (Å²) >= 11 is 0. The molecule has 0 saturated carbocycles. The number of hydrogen-bond acceptors (Lipinski definition) is 4. The Bertz CT molecular complexity index is 769. The van der Waals surface area contributed by atoms with Crippen molar-refractivity contribution in [1.29, 1.82) is 0 Å². The molecule has 0 aromatic heterocycles. The average Bonchev–Trinajstić information content (AvgIpc) is 2.83. The fourth-order valence-electron chi connectivity index (χ4n) is 4.40. The van der Waals surface area contributed by atoms with Crippen LogP contribution in [0.5, 0.6) is 0 Å². The number of piperidine rings is 1. The molecule has 0 radical (unpaired) electrons. The Balaban J connectivity index is 1.69. The molecule has 7 heteroatoms. The molecule has 2 aliphatic heterocycles. The number of hydrogen-bond donors (Lipinski definition) is 2. The van der Waals surface area contributed by atoms with Crippen molar-refractivity contribution in [2.45, 2.75) is 64.1 Å². The zero-order valence-electron chi connectivity index (χ0n) is 16.0. The SMILES string of the molecule is CC1(C)CC(NC(=O)c2ccc(N3CCCS3(=O)=O)cc2)CC(C)(C)N1. The number of carbonyl (C=O) groups is 1. The lowest BCUT2D eigenvalue weighted by Crippen LogP contribution is -2.62. The monoisotopic (exact) mass is 379 g/mol. The molecule has 0 unspecified atom stereocenters. The standard InChI is InChI=1S/C19H29N3O3S/c1-18(2)12-15(13-19(3,4)21-18)20-17(23)14-6-8-16(9-7-14)22-10-5-11-26(22,24)25/h6-9,15,21H,5,10-13H2,1-4H3,(H,20,23). The van der Waals surface area contributed by atoms with E-state index in [0.29, 0.717) is 24.2 Å². The van der Waals surface area contributed by atoms with Gasteiger partial charge in [0.15, 0.2) is 0 Å². The lowest BCUT2D eigenvalue weighted by atomic mass is 9.79. The Morgan fingerprint density at radius 3 is 2.19 bits per heavy atom. The highest BCUT2D eigenvalue weighted by Gasteiger charge is 2.38. The lowest BCUT2D eigenvalue weighted by molar-refractivity contribution is 0.0873. The van der Waals surface area contributed by atoms with E-state index < -0.39 is 10.0 Å². The van der Waals surface area contributed by atoms with Gasteiger partial charge in [0.2, 0.25) is 10.0 Å². The molecule has 0 aliphatic carbocycles. The minimum absolute atomic E-state index is 0.0341. The molecule has 1 aromatic carbocycles. The second-order valence-corrected chi connectivity index (χ2v) is 10.8. The van der Waals surface area contributed by atoms with Crippen LogP contribution in [0.25, 0.3) is 0 Å². The van der Waals surface area contributed by atoms with Crippen LogP contribution >= 0.6 is 0 Å². The Morgan fingerprint density at radius 2 is 1.69 bits per heavy atom. The van der Waals surface area contributed by atoms with Crippen molar-refractivity contribution in [2.24, 2.45) is 0 Å². The quantitative estimate of drug-likeness (QED) is 0.844. The molecule has 144 valence electrons. The van der Waals surface area contributed by atoms with Gasteiger partial charge < -0.3 is 10.6 Å². The predicted molar refractivity (Wildman–Crippen MR) is 104 cm³/mol. The van der Waals surface area contributed by atoms with E-state index in [-0.39, 0.29) is 28.8 Å². The van der Waals surface area contributed by atoms with Crippen LogP contribution in [0, 0.1) is 0 Å². The maximum Gasteiger partial charge on any atom is 0.251 e. The van der Waals surface area contributed by atoms with Crippen molar-refractivity contribution in [3.05, 3.63) is 29.8 Å². The van der Waals surface area contributed by atoms with E-state index >= 15 is 0 Å². The third-order valence-corrected chi connectivity index (χ3v) is 6.91. The molecule has 2 saturated heterocycles. The zero-order chi connectivity index (χ0) is 19.2. The van der Waals surface area contributed by atoms with Gasteiger partial charge in [0.1, 0.15) is 0 Å².